The fourth-order valence-corrected chi connectivity index (χ4v) is 4.82. The highest BCUT2D eigenvalue weighted by Crippen LogP contribution is 2.37. The Morgan fingerprint density at radius 3 is 2.44 bits per heavy atom. The Bertz CT molecular complexity index is 1780. The van der Waals surface area contributed by atoms with Crippen molar-refractivity contribution in [3.8, 4) is 34.5 Å². The van der Waals surface area contributed by atoms with Crippen LogP contribution in [-0.4, -0.2) is 39.7 Å². The summed E-state index contributed by atoms with van der Waals surface area (Å²) in [6.45, 7) is 2.38. The highest BCUT2D eigenvalue weighted by Gasteiger charge is 2.36. The van der Waals surface area contributed by atoms with E-state index in [1.807, 2.05) is 54.6 Å². The molecule has 0 spiro atoms. The molecule has 8 nitrogen and oxygen atoms in total. The number of halogens is 1. The summed E-state index contributed by atoms with van der Waals surface area (Å²) in [4.78, 5) is 27.9. The van der Waals surface area contributed by atoms with Crippen LogP contribution in [0.5, 0.6) is 11.5 Å². The van der Waals surface area contributed by atoms with Crippen molar-refractivity contribution in [2.75, 3.05) is 13.2 Å². The van der Waals surface area contributed by atoms with E-state index < -0.39 is 17.6 Å². The molecule has 9 heteroatoms. The predicted molar refractivity (Wildman–Crippen MR) is 148 cm³/mol. The number of amides is 2. The van der Waals surface area contributed by atoms with Gasteiger partial charge in [0.2, 0.25) is 0 Å². The third kappa shape index (κ3) is 4.87. The average Bonchev–Trinajstić information content (AvgIpc) is 3.43. The first kappa shape index (κ1) is 25.8. The van der Waals surface area contributed by atoms with Crippen LogP contribution in [0.4, 0.5) is 4.39 Å². The number of nitrogens with zero attached hydrogens (tertiary/aromatic N) is 4. The van der Waals surface area contributed by atoms with Crippen LogP contribution in [0.3, 0.4) is 0 Å². The monoisotopic (exact) mass is 546 g/mol. The zero-order chi connectivity index (χ0) is 28.5. The number of para-hydroxylation sites is 1. The summed E-state index contributed by atoms with van der Waals surface area (Å²) in [7, 11) is 0. The quantitative estimate of drug-likeness (QED) is 0.251. The van der Waals surface area contributed by atoms with E-state index in [1.54, 1.807) is 23.9 Å². The number of hydrogen-bond acceptors (Lipinski definition) is 6. The fourth-order valence-electron chi connectivity index (χ4n) is 4.82. The van der Waals surface area contributed by atoms with Crippen LogP contribution in [0.2, 0.25) is 0 Å². The zero-order valence-electron chi connectivity index (χ0n) is 22.0. The maximum atomic E-state index is 13.8. The molecule has 2 aliphatic rings. The van der Waals surface area contributed by atoms with Gasteiger partial charge in [-0.1, -0.05) is 30.3 Å². The molecule has 2 amide bonds. The number of benzene rings is 3. The van der Waals surface area contributed by atoms with Crippen LogP contribution >= 0.6 is 0 Å². The van der Waals surface area contributed by atoms with Gasteiger partial charge < -0.3 is 9.47 Å². The zero-order valence-corrected chi connectivity index (χ0v) is 22.0. The van der Waals surface area contributed by atoms with Crippen LogP contribution in [0.1, 0.15) is 18.1 Å². The smallest absolute Gasteiger partial charge is 0.271 e. The lowest BCUT2D eigenvalue weighted by Crippen LogP contribution is -2.42. The van der Waals surface area contributed by atoms with Crippen LogP contribution < -0.4 is 9.47 Å². The first-order valence-electron chi connectivity index (χ1n) is 12.9. The van der Waals surface area contributed by atoms with Gasteiger partial charge in [0.15, 0.2) is 11.5 Å². The van der Waals surface area contributed by atoms with Crippen molar-refractivity contribution in [2.45, 2.75) is 13.5 Å². The summed E-state index contributed by atoms with van der Waals surface area (Å²) in [5.41, 5.74) is 3.60. The lowest BCUT2D eigenvalue weighted by Gasteiger charge is -2.27. The molecular formula is C32H23FN4O4. The highest BCUT2D eigenvalue weighted by molar-refractivity contribution is 6.19. The van der Waals surface area contributed by atoms with E-state index in [1.165, 1.54) is 24.3 Å². The van der Waals surface area contributed by atoms with Crippen molar-refractivity contribution in [3.63, 3.8) is 0 Å². The number of hydrogen-bond donors (Lipinski definition) is 0. The van der Waals surface area contributed by atoms with Gasteiger partial charge in [-0.25, -0.2) is 9.07 Å². The van der Waals surface area contributed by atoms with Gasteiger partial charge in [0.25, 0.3) is 11.8 Å². The minimum atomic E-state index is -0.691. The summed E-state index contributed by atoms with van der Waals surface area (Å²) in [5, 5.41) is 14.7. The van der Waals surface area contributed by atoms with Crippen molar-refractivity contribution in [2.24, 2.45) is 0 Å². The molecule has 2 aliphatic heterocycles. The van der Waals surface area contributed by atoms with Crippen molar-refractivity contribution in [3.05, 3.63) is 113 Å². The second-order valence-electron chi connectivity index (χ2n) is 9.56. The fraction of sp³-hybridized carbons (Fsp3) is 0.125. The molecule has 1 aromatic heterocycles. The number of imide groups is 1. The molecule has 41 heavy (non-hydrogen) atoms. The van der Waals surface area contributed by atoms with Crippen LogP contribution in [0.25, 0.3) is 23.0 Å². The van der Waals surface area contributed by atoms with Crippen LogP contribution in [0.15, 0.2) is 95.7 Å². The van der Waals surface area contributed by atoms with Gasteiger partial charge in [0.1, 0.15) is 36.4 Å². The normalized spacial score (nSPS) is 15.8. The van der Waals surface area contributed by atoms with Crippen molar-refractivity contribution >= 4 is 17.9 Å². The molecule has 0 unspecified atom stereocenters. The van der Waals surface area contributed by atoms with Gasteiger partial charge in [0.05, 0.1) is 12.2 Å². The second-order valence-corrected chi connectivity index (χ2v) is 9.56. The van der Waals surface area contributed by atoms with E-state index in [4.69, 9.17) is 14.6 Å². The van der Waals surface area contributed by atoms with Gasteiger partial charge in [0, 0.05) is 22.9 Å². The van der Waals surface area contributed by atoms with Crippen molar-refractivity contribution in [1.82, 2.24) is 14.7 Å². The molecule has 3 aromatic carbocycles. The largest absolute Gasteiger partial charge is 0.486 e. The Kier molecular flexibility index (Phi) is 6.65. The minimum Gasteiger partial charge on any atom is -0.486 e. The third-order valence-corrected chi connectivity index (χ3v) is 6.96. The third-order valence-electron chi connectivity index (χ3n) is 6.96. The Labute approximate surface area is 235 Å². The Balaban J connectivity index is 1.48. The van der Waals surface area contributed by atoms with E-state index in [2.05, 4.69) is 0 Å². The topological polar surface area (TPSA) is 97.5 Å². The molecule has 0 bridgehead atoms. The Morgan fingerprint density at radius 1 is 0.976 bits per heavy atom. The average molecular weight is 547 g/mol. The molecule has 3 heterocycles. The van der Waals surface area contributed by atoms with Gasteiger partial charge in [-0.15, -0.1) is 0 Å². The lowest BCUT2D eigenvalue weighted by molar-refractivity contribution is -0.141. The van der Waals surface area contributed by atoms with Gasteiger partial charge in [-0.05, 0) is 66.6 Å². The van der Waals surface area contributed by atoms with E-state index in [0.29, 0.717) is 41.5 Å². The predicted octanol–water partition coefficient (Wildman–Crippen LogP) is 5.24. The molecule has 202 valence electrons. The highest BCUT2D eigenvalue weighted by atomic mass is 19.1. The van der Waals surface area contributed by atoms with Crippen LogP contribution in [-0.2, 0) is 16.1 Å². The van der Waals surface area contributed by atoms with Crippen LogP contribution in [0, 0.1) is 17.1 Å². The number of carbonyl (C=O) groups excluding carboxylic acids is 2. The molecule has 0 atom stereocenters. The molecule has 0 saturated carbocycles. The molecule has 0 aliphatic carbocycles. The molecule has 0 saturated heterocycles. The number of nitriles is 1. The van der Waals surface area contributed by atoms with Crippen molar-refractivity contribution < 1.29 is 23.5 Å². The number of fused-ring (bicyclic) bond motifs is 1. The van der Waals surface area contributed by atoms with Gasteiger partial charge in [-0.2, -0.15) is 10.4 Å². The molecule has 0 N–H and O–H groups in total. The number of rotatable bonds is 5. The minimum absolute atomic E-state index is 0.105. The first-order valence-corrected chi connectivity index (χ1v) is 12.9. The molecule has 0 radical (unpaired) electrons. The summed E-state index contributed by atoms with van der Waals surface area (Å²) >= 11 is 0. The summed E-state index contributed by atoms with van der Waals surface area (Å²) in [6.07, 6.45) is 3.44. The van der Waals surface area contributed by atoms with E-state index >= 15 is 0 Å². The number of ether oxygens (including phenoxy) is 2. The molecule has 4 aromatic rings. The maximum Gasteiger partial charge on any atom is 0.271 e. The van der Waals surface area contributed by atoms with E-state index in [9.17, 15) is 19.2 Å². The first-order chi connectivity index (χ1) is 19.9. The summed E-state index contributed by atoms with van der Waals surface area (Å²) in [6, 6.07) is 22.5. The van der Waals surface area contributed by atoms with E-state index in [0.717, 1.165) is 16.2 Å². The molecular weight excluding hydrogens is 523 g/mol. The van der Waals surface area contributed by atoms with Gasteiger partial charge >= 0.3 is 0 Å². The number of aromatic nitrogens is 2. The summed E-state index contributed by atoms with van der Waals surface area (Å²) in [5.74, 6) is -0.451. The van der Waals surface area contributed by atoms with Gasteiger partial charge in [-0.3, -0.25) is 14.5 Å². The molecule has 6 rings (SSSR count). The lowest BCUT2D eigenvalue weighted by atomic mass is 9.93. The summed E-state index contributed by atoms with van der Waals surface area (Å²) < 4.78 is 26.6. The van der Waals surface area contributed by atoms with E-state index in [-0.39, 0.29) is 23.3 Å². The standard InChI is InChI=1S/C32H23FN4O4/c1-20-26(31(38)36(32(39)27(20)17-34)18-21-7-10-24(33)11-8-21)15-23-19-37(25-5-3-2-4-6-25)35-30(23)22-9-12-28-29(16-22)41-14-13-40-28/h2-12,15-16,19H,13-14,18H2,1H3/b26-15+. The number of carbonyl (C=O) groups is 2. The maximum absolute atomic E-state index is 13.8. The SMILES string of the molecule is CC1=C(C#N)C(=O)N(Cc2ccc(F)cc2)C(=O)/C1=C/c1cn(-c2ccccc2)nc1-c1ccc2c(c1)OCCO2. The van der Waals surface area contributed by atoms with Crippen molar-refractivity contribution in [1.29, 1.82) is 5.26 Å². The Morgan fingerprint density at radius 2 is 1.71 bits per heavy atom. The second kappa shape index (κ2) is 10.6. The Hall–Kier alpha value is -5.49. The molecule has 0 fully saturated rings.